The number of aromatic nitrogens is 1. The Hall–Kier alpha value is -1.99. The summed E-state index contributed by atoms with van der Waals surface area (Å²) in [5.41, 5.74) is 0.949. The molecule has 7 heteroatoms. The van der Waals surface area contributed by atoms with E-state index in [9.17, 15) is 14.0 Å². The predicted molar refractivity (Wildman–Crippen MR) is 83.0 cm³/mol. The van der Waals surface area contributed by atoms with E-state index in [1.165, 1.54) is 10.6 Å². The molecule has 118 valence electrons. The van der Waals surface area contributed by atoms with Crippen LogP contribution in [0, 0.1) is 12.7 Å². The summed E-state index contributed by atoms with van der Waals surface area (Å²) >= 11 is 0.864. The molecule has 1 heterocycles. The van der Waals surface area contributed by atoms with Gasteiger partial charge in [0.1, 0.15) is 10.7 Å². The van der Waals surface area contributed by atoms with Crippen LogP contribution in [-0.2, 0) is 11.3 Å². The first-order valence-electron chi connectivity index (χ1n) is 6.75. The smallest absolute Gasteiger partial charge is 0.308 e. The highest BCUT2D eigenvalue weighted by molar-refractivity contribution is 7.11. The minimum Gasteiger partial charge on any atom is -0.383 e. The molecule has 0 bridgehead atoms. The van der Waals surface area contributed by atoms with Crippen molar-refractivity contribution in [1.29, 1.82) is 0 Å². The minimum absolute atomic E-state index is 0.110. The van der Waals surface area contributed by atoms with Gasteiger partial charge >= 0.3 is 4.87 Å². The lowest BCUT2D eigenvalue weighted by molar-refractivity contribution is 0.0940. The van der Waals surface area contributed by atoms with Crippen molar-refractivity contribution in [2.24, 2.45) is 0 Å². The summed E-state index contributed by atoms with van der Waals surface area (Å²) in [7, 11) is 1.54. The van der Waals surface area contributed by atoms with Crippen LogP contribution >= 0.6 is 11.3 Å². The summed E-state index contributed by atoms with van der Waals surface area (Å²) in [6, 6.07) is 6.28. The van der Waals surface area contributed by atoms with E-state index >= 15 is 0 Å². The fraction of sp³-hybridized carbons (Fsp3) is 0.333. The van der Waals surface area contributed by atoms with Gasteiger partial charge in [0.05, 0.1) is 13.2 Å². The van der Waals surface area contributed by atoms with Gasteiger partial charge in [-0.25, -0.2) is 4.39 Å². The van der Waals surface area contributed by atoms with Crippen LogP contribution in [0.15, 0.2) is 29.1 Å². The predicted octanol–water partition coefficient (Wildman–Crippen LogP) is 1.78. The third-order valence-corrected chi connectivity index (χ3v) is 4.31. The maximum atomic E-state index is 13.7. The number of methoxy groups -OCH3 is 1. The Labute approximate surface area is 131 Å². The standard InChI is InChI=1S/C15H17FN2O3S/c1-10-13(14(19)17-7-8-21-2)22-15(20)18(10)9-11-5-3-4-6-12(11)16/h3-6H,7-9H2,1-2H3,(H,17,19). The first-order valence-corrected chi connectivity index (χ1v) is 7.57. The molecule has 0 aliphatic heterocycles. The molecule has 1 aromatic heterocycles. The molecule has 0 saturated carbocycles. The quantitative estimate of drug-likeness (QED) is 0.824. The van der Waals surface area contributed by atoms with Gasteiger partial charge in [0.2, 0.25) is 0 Å². The minimum atomic E-state index is -0.369. The number of hydrogen-bond donors (Lipinski definition) is 1. The zero-order valence-electron chi connectivity index (χ0n) is 12.4. The van der Waals surface area contributed by atoms with Crippen molar-refractivity contribution in [3.05, 3.63) is 55.9 Å². The van der Waals surface area contributed by atoms with Gasteiger partial charge in [0.15, 0.2) is 0 Å². The van der Waals surface area contributed by atoms with Gasteiger partial charge in [-0.05, 0) is 13.0 Å². The van der Waals surface area contributed by atoms with Crippen molar-refractivity contribution in [3.8, 4) is 0 Å². The Kier molecular flexibility index (Phi) is 5.46. The first-order chi connectivity index (χ1) is 10.5. The summed E-state index contributed by atoms with van der Waals surface area (Å²) in [5.74, 6) is -0.685. The molecule has 0 fully saturated rings. The van der Waals surface area contributed by atoms with Crippen LogP contribution in [0.3, 0.4) is 0 Å². The number of hydrogen-bond acceptors (Lipinski definition) is 4. The van der Waals surface area contributed by atoms with Gasteiger partial charge in [-0.1, -0.05) is 29.5 Å². The van der Waals surface area contributed by atoms with E-state index in [1.807, 2.05) is 0 Å². The highest BCUT2D eigenvalue weighted by atomic mass is 32.1. The number of amides is 1. The zero-order valence-corrected chi connectivity index (χ0v) is 13.2. The summed E-state index contributed by atoms with van der Waals surface area (Å²) in [4.78, 5) is 24.2. The van der Waals surface area contributed by atoms with Crippen LogP contribution in [0.1, 0.15) is 20.9 Å². The Balaban J connectivity index is 2.22. The number of nitrogens with one attached hydrogen (secondary N) is 1. The molecule has 0 aliphatic rings. The molecule has 1 amide bonds. The first kappa shape index (κ1) is 16.4. The van der Waals surface area contributed by atoms with Gasteiger partial charge in [-0.15, -0.1) is 0 Å². The van der Waals surface area contributed by atoms with Gasteiger partial charge in [0, 0.05) is 24.9 Å². The molecule has 1 aromatic carbocycles. The fourth-order valence-electron chi connectivity index (χ4n) is 2.01. The number of carbonyl (C=O) groups is 1. The third kappa shape index (κ3) is 3.61. The molecule has 2 aromatic rings. The second kappa shape index (κ2) is 7.33. The molecule has 1 N–H and O–H groups in total. The van der Waals surface area contributed by atoms with Crippen molar-refractivity contribution in [2.75, 3.05) is 20.3 Å². The lowest BCUT2D eigenvalue weighted by atomic mass is 10.2. The van der Waals surface area contributed by atoms with E-state index in [0.717, 1.165) is 11.3 Å². The second-order valence-corrected chi connectivity index (χ2v) is 5.67. The molecule has 5 nitrogen and oxygen atoms in total. The fourth-order valence-corrected chi connectivity index (χ4v) is 2.92. The largest absolute Gasteiger partial charge is 0.383 e. The van der Waals surface area contributed by atoms with Gasteiger partial charge in [-0.2, -0.15) is 0 Å². The Bertz CT molecular complexity index is 724. The number of carbonyl (C=O) groups excluding carboxylic acids is 1. The van der Waals surface area contributed by atoms with E-state index in [4.69, 9.17) is 4.74 Å². The van der Waals surface area contributed by atoms with E-state index in [2.05, 4.69) is 5.32 Å². The molecule has 0 radical (unpaired) electrons. The topological polar surface area (TPSA) is 60.3 Å². The molecular formula is C15H17FN2O3S. The molecule has 0 unspecified atom stereocenters. The molecule has 0 saturated heterocycles. The number of ether oxygens (including phenoxy) is 1. The van der Waals surface area contributed by atoms with Crippen molar-refractivity contribution in [3.63, 3.8) is 0 Å². The van der Waals surface area contributed by atoms with E-state index in [1.54, 1.807) is 32.2 Å². The lowest BCUT2D eigenvalue weighted by Crippen LogP contribution is -2.27. The summed E-state index contributed by atoms with van der Waals surface area (Å²) in [6.07, 6.45) is 0. The zero-order chi connectivity index (χ0) is 16.1. The van der Waals surface area contributed by atoms with Crippen molar-refractivity contribution in [2.45, 2.75) is 13.5 Å². The SMILES string of the molecule is COCCNC(=O)c1sc(=O)n(Cc2ccccc2F)c1C. The summed E-state index contributed by atoms with van der Waals surface area (Å²) < 4.78 is 20.0. The van der Waals surface area contributed by atoms with Crippen molar-refractivity contribution >= 4 is 17.2 Å². The monoisotopic (exact) mass is 324 g/mol. The van der Waals surface area contributed by atoms with E-state index < -0.39 is 0 Å². The van der Waals surface area contributed by atoms with Crippen LogP contribution in [0.25, 0.3) is 0 Å². The normalized spacial score (nSPS) is 10.7. The highest BCUT2D eigenvalue weighted by Crippen LogP contribution is 2.15. The Morgan fingerprint density at radius 3 is 2.82 bits per heavy atom. The van der Waals surface area contributed by atoms with Crippen molar-refractivity contribution < 1.29 is 13.9 Å². The third-order valence-electron chi connectivity index (χ3n) is 3.23. The average Bonchev–Trinajstić information content (AvgIpc) is 2.78. The molecule has 2 rings (SSSR count). The number of rotatable bonds is 6. The molecule has 22 heavy (non-hydrogen) atoms. The second-order valence-electron chi connectivity index (χ2n) is 4.71. The van der Waals surface area contributed by atoms with Crippen LogP contribution in [0.4, 0.5) is 4.39 Å². The average molecular weight is 324 g/mol. The Morgan fingerprint density at radius 1 is 1.41 bits per heavy atom. The number of thiazole rings is 1. The van der Waals surface area contributed by atoms with Gasteiger partial charge < -0.3 is 10.1 Å². The molecule has 0 aliphatic carbocycles. The molecule has 0 spiro atoms. The maximum absolute atomic E-state index is 13.7. The van der Waals surface area contributed by atoms with Crippen LogP contribution in [-0.4, -0.2) is 30.7 Å². The molecule has 0 atom stereocenters. The number of benzene rings is 1. The van der Waals surface area contributed by atoms with E-state index in [0.29, 0.717) is 29.3 Å². The van der Waals surface area contributed by atoms with Crippen LogP contribution in [0.2, 0.25) is 0 Å². The maximum Gasteiger partial charge on any atom is 0.308 e. The summed E-state index contributed by atoms with van der Waals surface area (Å²) in [5, 5.41) is 2.68. The van der Waals surface area contributed by atoms with Crippen LogP contribution < -0.4 is 10.2 Å². The number of nitrogens with zero attached hydrogens (tertiary/aromatic N) is 1. The van der Waals surface area contributed by atoms with Gasteiger partial charge in [0.25, 0.3) is 5.91 Å². The van der Waals surface area contributed by atoms with Gasteiger partial charge in [-0.3, -0.25) is 14.2 Å². The Morgan fingerprint density at radius 2 is 2.14 bits per heavy atom. The van der Waals surface area contributed by atoms with E-state index in [-0.39, 0.29) is 23.1 Å². The highest BCUT2D eigenvalue weighted by Gasteiger charge is 2.18. The lowest BCUT2D eigenvalue weighted by Gasteiger charge is -2.07. The summed E-state index contributed by atoms with van der Waals surface area (Å²) in [6.45, 7) is 2.56. The number of halogens is 1. The molecular weight excluding hydrogens is 307 g/mol. The van der Waals surface area contributed by atoms with Crippen molar-refractivity contribution in [1.82, 2.24) is 9.88 Å². The van der Waals surface area contributed by atoms with Crippen LogP contribution in [0.5, 0.6) is 0 Å².